The van der Waals surface area contributed by atoms with Crippen molar-refractivity contribution in [3.05, 3.63) is 17.6 Å². The molecule has 0 saturated carbocycles. The van der Waals surface area contributed by atoms with Crippen LogP contribution in [0.5, 0.6) is 0 Å². The number of carbonyl (C=O) groups is 1. The minimum atomic E-state index is -0.771. The number of hydrogen-bond donors (Lipinski definition) is 1. The molecule has 0 bridgehead atoms. The first kappa shape index (κ1) is 12.0. The van der Waals surface area contributed by atoms with E-state index >= 15 is 0 Å². The molecule has 1 aliphatic rings. The number of nitrogens with zero attached hydrogens (tertiary/aromatic N) is 2. The van der Waals surface area contributed by atoms with E-state index in [1.54, 1.807) is 6.20 Å². The van der Waals surface area contributed by atoms with Gasteiger partial charge in [0.1, 0.15) is 0 Å². The second-order valence-electron chi connectivity index (χ2n) is 3.64. The Morgan fingerprint density at radius 3 is 2.53 bits per heavy atom. The highest BCUT2D eigenvalue weighted by Gasteiger charge is 2.18. The summed E-state index contributed by atoms with van der Waals surface area (Å²) < 4.78 is 3.76. The van der Waals surface area contributed by atoms with Crippen LogP contribution >= 0.6 is 11.5 Å². The molecule has 5 heteroatoms. The van der Waals surface area contributed by atoms with Crippen molar-refractivity contribution >= 4 is 17.6 Å². The molecule has 1 aromatic rings. The highest BCUT2D eigenvalue weighted by atomic mass is 32.1. The Bertz CT molecular complexity index is 252. The van der Waals surface area contributed by atoms with Gasteiger partial charge in [0.2, 0.25) is 0 Å². The average Bonchev–Trinajstić information content (AvgIpc) is 2.76. The molecule has 0 aliphatic carbocycles. The van der Waals surface area contributed by atoms with Gasteiger partial charge in [-0.15, -0.1) is 0 Å². The quantitative estimate of drug-likeness (QED) is 0.742. The predicted molar refractivity (Wildman–Crippen MR) is 60.1 cm³/mol. The van der Waals surface area contributed by atoms with Crippen LogP contribution in [0.2, 0.25) is 0 Å². The van der Waals surface area contributed by atoms with Crippen molar-refractivity contribution in [3.63, 3.8) is 0 Å². The Labute approximate surface area is 93.7 Å². The van der Waals surface area contributed by atoms with Crippen LogP contribution in [0, 0.1) is 5.92 Å². The molecule has 0 unspecified atom stereocenters. The van der Waals surface area contributed by atoms with Gasteiger partial charge in [0, 0.05) is 24.7 Å². The van der Waals surface area contributed by atoms with Crippen LogP contribution in [-0.4, -0.2) is 33.6 Å². The molecule has 1 aromatic heterocycles. The van der Waals surface area contributed by atoms with Crippen LogP contribution in [0.4, 0.5) is 4.79 Å². The van der Waals surface area contributed by atoms with E-state index < -0.39 is 6.09 Å². The standard InChI is InChI=1S/C7H13NO2.C3H3NS/c1-6-2-4-8(5-3-6)7(9)10;1-2-4-5-3-1/h6H,2-5H2,1H3,(H,9,10);1-3H. The fourth-order valence-electron chi connectivity index (χ4n) is 1.38. The number of amides is 1. The lowest BCUT2D eigenvalue weighted by molar-refractivity contribution is 0.127. The van der Waals surface area contributed by atoms with Gasteiger partial charge in [-0.2, -0.15) is 0 Å². The first-order valence-electron chi connectivity index (χ1n) is 5.02. The van der Waals surface area contributed by atoms with Crippen molar-refractivity contribution in [2.24, 2.45) is 5.92 Å². The van der Waals surface area contributed by atoms with Gasteiger partial charge in [-0.1, -0.05) is 6.92 Å². The van der Waals surface area contributed by atoms with Crippen LogP contribution in [-0.2, 0) is 0 Å². The van der Waals surface area contributed by atoms with Crippen LogP contribution in [0.25, 0.3) is 0 Å². The van der Waals surface area contributed by atoms with E-state index in [0.29, 0.717) is 5.92 Å². The molecule has 0 aromatic carbocycles. The average molecular weight is 228 g/mol. The number of likely N-dealkylation sites (tertiary alicyclic amines) is 1. The van der Waals surface area contributed by atoms with E-state index in [9.17, 15) is 4.79 Å². The number of piperidine rings is 1. The largest absolute Gasteiger partial charge is 0.465 e. The molecule has 15 heavy (non-hydrogen) atoms. The highest BCUT2D eigenvalue weighted by Crippen LogP contribution is 2.15. The molecule has 1 fully saturated rings. The molecule has 84 valence electrons. The number of rotatable bonds is 0. The molecule has 0 atom stereocenters. The summed E-state index contributed by atoms with van der Waals surface area (Å²) in [5.74, 6) is 0.704. The van der Waals surface area contributed by atoms with E-state index in [0.717, 1.165) is 25.9 Å². The first-order valence-corrected chi connectivity index (χ1v) is 5.86. The fourth-order valence-corrected chi connectivity index (χ4v) is 1.73. The highest BCUT2D eigenvalue weighted by molar-refractivity contribution is 7.03. The van der Waals surface area contributed by atoms with Gasteiger partial charge in [0.15, 0.2) is 0 Å². The third-order valence-corrected chi connectivity index (χ3v) is 2.92. The molecule has 2 heterocycles. The molecule has 4 nitrogen and oxygen atoms in total. The first-order chi connectivity index (χ1) is 7.20. The Morgan fingerprint density at radius 2 is 2.20 bits per heavy atom. The van der Waals surface area contributed by atoms with Crippen molar-refractivity contribution in [2.45, 2.75) is 19.8 Å². The maximum absolute atomic E-state index is 10.4. The topological polar surface area (TPSA) is 53.4 Å². The summed E-state index contributed by atoms with van der Waals surface area (Å²) in [7, 11) is 0. The summed E-state index contributed by atoms with van der Waals surface area (Å²) in [5, 5.41) is 10.5. The van der Waals surface area contributed by atoms with Crippen molar-refractivity contribution in [1.29, 1.82) is 0 Å². The fraction of sp³-hybridized carbons (Fsp3) is 0.600. The van der Waals surface area contributed by atoms with Gasteiger partial charge >= 0.3 is 6.09 Å². The molecular formula is C10H16N2O2S. The normalized spacial score (nSPS) is 16.7. The Kier molecular flexibility index (Phi) is 5.10. The number of aromatic nitrogens is 1. The van der Waals surface area contributed by atoms with Gasteiger partial charge < -0.3 is 10.0 Å². The van der Waals surface area contributed by atoms with Crippen molar-refractivity contribution in [1.82, 2.24) is 9.27 Å². The van der Waals surface area contributed by atoms with E-state index in [-0.39, 0.29) is 0 Å². The van der Waals surface area contributed by atoms with Crippen molar-refractivity contribution in [3.8, 4) is 0 Å². The monoisotopic (exact) mass is 228 g/mol. The van der Waals surface area contributed by atoms with Gasteiger partial charge in [0.05, 0.1) is 0 Å². The molecular weight excluding hydrogens is 212 g/mol. The minimum Gasteiger partial charge on any atom is -0.465 e. The van der Waals surface area contributed by atoms with E-state index in [1.165, 1.54) is 16.4 Å². The number of carboxylic acid groups (broad SMARTS) is 1. The SMILES string of the molecule is CC1CCN(C(=O)O)CC1.c1cnsc1. The molecule has 0 radical (unpaired) electrons. The summed E-state index contributed by atoms with van der Waals surface area (Å²) in [6.07, 6.45) is 3.04. The lowest BCUT2D eigenvalue weighted by Gasteiger charge is -2.27. The maximum Gasteiger partial charge on any atom is 0.407 e. The van der Waals surface area contributed by atoms with Gasteiger partial charge in [-0.3, -0.25) is 0 Å². The summed E-state index contributed by atoms with van der Waals surface area (Å²) >= 11 is 1.46. The Hall–Kier alpha value is -1.10. The third kappa shape index (κ3) is 4.78. The van der Waals surface area contributed by atoms with E-state index in [2.05, 4.69) is 11.3 Å². The summed E-state index contributed by atoms with van der Waals surface area (Å²) in [6.45, 7) is 3.60. The van der Waals surface area contributed by atoms with Crippen molar-refractivity contribution in [2.75, 3.05) is 13.1 Å². The maximum atomic E-state index is 10.4. The zero-order valence-corrected chi connectivity index (χ0v) is 9.61. The molecule has 0 spiro atoms. The smallest absolute Gasteiger partial charge is 0.407 e. The third-order valence-electron chi connectivity index (χ3n) is 2.40. The second kappa shape index (κ2) is 6.40. The van der Waals surface area contributed by atoms with E-state index in [4.69, 9.17) is 5.11 Å². The lowest BCUT2D eigenvalue weighted by Crippen LogP contribution is -2.36. The Morgan fingerprint density at radius 1 is 1.53 bits per heavy atom. The van der Waals surface area contributed by atoms with Crippen molar-refractivity contribution < 1.29 is 9.90 Å². The summed E-state index contributed by atoms with van der Waals surface area (Å²) in [6, 6.07) is 1.91. The van der Waals surface area contributed by atoms with Gasteiger partial charge in [-0.25, -0.2) is 9.17 Å². The predicted octanol–water partition coefficient (Wildman–Crippen LogP) is 2.54. The van der Waals surface area contributed by atoms with Crippen LogP contribution in [0.1, 0.15) is 19.8 Å². The van der Waals surface area contributed by atoms with Gasteiger partial charge in [0.25, 0.3) is 0 Å². The zero-order valence-electron chi connectivity index (χ0n) is 8.80. The van der Waals surface area contributed by atoms with Crippen LogP contribution in [0.3, 0.4) is 0 Å². The molecule has 1 amide bonds. The summed E-state index contributed by atoms with van der Waals surface area (Å²) in [4.78, 5) is 11.9. The Balaban J connectivity index is 0.000000187. The minimum absolute atomic E-state index is 0.704. The second-order valence-corrected chi connectivity index (χ2v) is 4.33. The van der Waals surface area contributed by atoms with Gasteiger partial charge in [-0.05, 0) is 36.4 Å². The zero-order chi connectivity index (χ0) is 11.1. The lowest BCUT2D eigenvalue weighted by atomic mass is 10.00. The molecule has 1 saturated heterocycles. The molecule has 2 rings (SSSR count). The number of hydrogen-bond acceptors (Lipinski definition) is 3. The van der Waals surface area contributed by atoms with Crippen LogP contribution in [0.15, 0.2) is 17.6 Å². The van der Waals surface area contributed by atoms with Crippen LogP contribution < -0.4 is 0 Å². The molecule has 1 aliphatic heterocycles. The summed E-state index contributed by atoms with van der Waals surface area (Å²) in [5.41, 5.74) is 0. The van der Waals surface area contributed by atoms with E-state index in [1.807, 2.05) is 11.4 Å². The molecule has 1 N–H and O–H groups in total.